The van der Waals surface area contributed by atoms with Crippen molar-refractivity contribution in [3.8, 4) is 0 Å². The van der Waals surface area contributed by atoms with Gasteiger partial charge in [0, 0.05) is 18.3 Å². The van der Waals surface area contributed by atoms with Gasteiger partial charge in [-0.25, -0.2) is 17.5 Å². The molecule has 0 unspecified atom stereocenters. The molecule has 0 atom stereocenters. The summed E-state index contributed by atoms with van der Waals surface area (Å²) in [6.07, 6.45) is 3.08. The van der Waals surface area contributed by atoms with E-state index in [0.29, 0.717) is 19.4 Å². The molecular weight excluding hydrogens is 313 g/mol. The standard InChI is InChI=1S/C13H18FN3O4S/c1-2-17(8-13(18)19)11-4-10(5-11)16-22(20,21)12-3-9(14)6-15-7-12/h3,6-7,10-11,16H,2,4-5,8H2,1H3,(H,18,19). The number of hydrogen-bond acceptors (Lipinski definition) is 5. The van der Waals surface area contributed by atoms with E-state index < -0.39 is 21.8 Å². The molecule has 0 bridgehead atoms. The summed E-state index contributed by atoms with van der Waals surface area (Å²) in [6, 6.07) is 0.675. The van der Waals surface area contributed by atoms with E-state index in [1.165, 1.54) is 0 Å². The fourth-order valence-electron chi connectivity index (χ4n) is 2.48. The molecule has 9 heteroatoms. The van der Waals surface area contributed by atoms with Crippen molar-refractivity contribution in [2.45, 2.75) is 36.7 Å². The number of halogens is 1. The zero-order valence-electron chi connectivity index (χ0n) is 12.1. The molecule has 1 aliphatic rings. The van der Waals surface area contributed by atoms with Gasteiger partial charge in [0.25, 0.3) is 0 Å². The van der Waals surface area contributed by atoms with Crippen molar-refractivity contribution in [1.29, 1.82) is 0 Å². The lowest BCUT2D eigenvalue weighted by Crippen LogP contribution is -2.54. The minimum absolute atomic E-state index is 0.0411. The molecule has 122 valence electrons. The van der Waals surface area contributed by atoms with Crippen LogP contribution in [0.3, 0.4) is 0 Å². The lowest BCUT2D eigenvalue weighted by molar-refractivity contribution is -0.139. The Hall–Kier alpha value is -1.58. The first kappa shape index (κ1) is 16.8. The third-order valence-electron chi connectivity index (χ3n) is 3.69. The van der Waals surface area contributed by atoms with Gasteiger partial charge < -0.3 is 5.11 Å². The van der Waals surface area contributed by atoms with E-state index in [0.717, 1.165) is 18.5 Å². The van der Waals surface area contributed by atoms with E-state index in [1.807, 2.05) is 6.92 Å². The highest BCUT2D eigenvalue weighted by Gasteiger charge is 2.36. The fraction of sp³-hybridized carbons (Fsp3) is 0.538. The number of carbonyl (C=O) groups is 1. The number of hydrogen-bond donors (Lipinski definition) is 2. The van der Waals surface area contributed by atoms with Crippen molar-refractivity contribution in [2.75, 3.05) is 13.1 Å². The van der Waals surface area contributed by atoms with Crippen molar-refractivity contribution >= 4 is 16.0 Å². The molecule has 0 aliphatic heterocycles. The number of pyridine rings is 1. The molecule has 22 heavy (non-hydrogen) atoms. The first-order valence-electron chi connectivity index (χ1n) is 6.90. The van der Waals surface area contributed by atoms with E-state index in [1.54, 1.807) is 4.90 Å². The highest BCUT2D eigenvalue weighted by molar-refractivity contribution is 7.89. The molecule has 0 saturated heterocycles. The molecule has 1 heterocycles. The second-order valence-electron chi connectivity index (χ2n) is 5.24. The normalized spacial score (nSPS) is 21.6. The molecular formula is C13H18FN3O4S. The Morgan fingerprint density at radius 1 is 1.50 bits per heavy atom. The first-order chi connectivity index (χ1) is 10.3. The van der Waals surface area contributed by atoms with Crippen LogP contribution >= 0.6 is 0 Å². The maximum absolute atomic E-state index is 13.0. The van der Waals surface area contributed by atoms with Crippen molar-refractivity contribution < 1.29 is 22.7 Å². The molecule has 7 nitrogen and oxygen atoms in total. The topological polar surface area (TPSA) is 99.6 Å². The minimum Gasteiger partial charge on any atom is -0.480 e. The molecule has 0 spiro atoms. The van der Waals surface area contributed by atoms with Crippen molar-refractivity contribution in [3.05, 3.63) is 24.3 Å². The van der Waals surface area contributed by atoms with Crippen molar-refractivity contribution in [3.63, 3.8) is 0 Å². The van der Waals surface area contributed by atoms with Gasteiger partial charge in [-0.1, -0.05) is 6.92 Å². The van der Waals surface area contributed by atoms with Crippen LogP contribution in [0.25, 0.3) is 0 Å². The van der Waals surface area contributed by atoms with Gasteiger partial charge in [0.2, 0.25) is 10.0 Å². The number of nitrogens with one attached hydrogen (secondary N) is 1. The van der Waals surface area contributed by atoms with E-state index >= 15 is 0 Å². The Bertz CT molecular complexity index is 646. The Kier molecular flexibility index (Phi) is 5.09. The summed E-state index contributed by atoms with van der Waals surface area (Å²) in [7, 11) is -3.81. The van der Waals surface area contributed by atoms with Gasteiger partial charge >= 0.3 is 5.97 Å². The van der Waals surface area contributed by atoms with Crippen molar-refractivity contribution in [2.24, 2.45) is 0 Å². The summed E-state index contributed by atoms with van der Waals surface area (Å²) in [5.74, 6) is -1.62. The van der Waals surface area contributed by atoms with E-state index in [4.69, 9.17) is 5.11 Å². The Morgan fingerprint density at radius 2 is 2.18 bits per heavy atom. The summed E-state index contributed by atoms with van der Waals surface area (Å²) in [5, 5.41) is 8.81. The quantitative estimate of drug-likeness (QED) is 0.752. The van der Waals surface area contributed by atoms with Gasteiger partial charge in [0.1, 0.15) is 10.7 Å². The number of aliphatic carboxylic acids is 1. The summed E-state index contributed by atoms with van der Waals surface area (Å²) >= 11 is 0. The summed E-state index contributed by atoms with van der Waals surface area (Å²) < 4.78 is 39.7. The third-order valence-corrected chi connectivity index (χ3v) is 5.17. The number of rotatable bonds is 7. The first-order valence-corrected chi connectivity index (χ1v) is 8.39. The monoisotopic (exact) mass is 331 g/mol. The van der Waals surface area contributed by atoms with Crippen LogP contribution in [0.1, 0.15) is 19.8 Å². The zero-order valence-corrected chi connectivity index (χ0v) is 12.9. The number of aromatic nitrogens is 1. The van der Waals surface area contributed by atoms with E-state index in [2.05, 4.69) is 9.71 Å². The Labute approximate surface area is 128 Å². The van der Waals surface area contributed by atoms with Crippen LogP contribution in [-0.4, -0.2) is 54.6 Å². The Morgan fingerprint density at radius 3 is 2.73 bits per heavy atom. The summed E-state index contributed by atoms with van der Waals surface area (Å²) in [6.45, 7) is 2.39. The number of carboxylic acids is 1. The van der Waals surface area contributed by atoms with Crippen LogP contribution < -0.4 is 4.72 Å². The van der Waals surface area contributed by atoms with Crippen LogP contribution in [0.5, 0.6) is 0 Å². The largest absolute Gasteiger partial charge is 0.480 e. The predicted molar refractivity (Wildman–Crippen MR) is 76.2 cm³/mol. The average Bonchev–Trinajstić information content (AvgIpc) is 2.40. The van der Waals surface area contributed by atoms with Crippen LogP contribution in [0.4, 0.5) is 4.39 Å². The molecule has 2 rings (SSSR count). The lowest BCUT2D eigenvalue weighted by Gasteiger charge is -2.42. The number of sulfonamides is 1. The Balaban J connectivity index is 1.93. The van der Waals surface area contributed by atoms with Crippen LogP contribution in [0.2, 0.25) is 0 Å². The number of carboxylic acid groups (broad SMARTS) is 1. The van der Waals surface area contributed by atoms with Gasteiger partial charge in [-0.3, -0.25) is 14.7 Å². The predicted octanol–water partition coefficient (Wildman–Crippen LogP) is 0.437. The minimum atomic E-state index is -3.81. The van der Waals surface area contributed by atoms with E-state index in [-0.39, 0.29) is 23.5 Å². The molecule has 1 aromatic rings. The number of nitrogens with zero attached hydrogens (tertiary/aromatic N) is 2. The van der Waals surface area contributed by atoms with Gasteiger partial charge in [0.05, 0.1) is 12.7 Å². The molecule has 0 aromatic carbocycles. The molecule has 1 aromatic heterocycles. The molecule has 1 saturated carbocycles. The lowest BCUT2D eigenvalue weighted by atomic mass is 9.86. The SMILES string of the molecule is CCN(CC(=O)O)C1CC(NS(=O)(=O)c2cncc(F)c2)C1. The maximum atomic E-state index is 13.0. The number of likely N-dealkylation sites (N-methyl/N-ethyl adjacent to an activating group) is 1. The fourth-order valence-corrected chi connectivity index (χ4v) is 3.72. The van der Waals surface area contributed by atoms with E-state index in [9.17, 15) is 17.6 Å². The maximum Gasteiger partial charge on any atom is 0.317 e. The van der Waals surface area contributed by atoms with Crippen molar-refractivity contribution in [1.82, 2.24) is 14.6 Å². The average molecular weight is 331 g/mol. The summed E-state index contributed by atoms with van der Waals surface area (Å²) in [4.78, 5) is 15.8. The zero-order chi connectivity index (χ0) is 16.3. The van der Waals surface area contributed by atoms with Gasteiger partial charge in [0.15, 0.2) is 0 Å². The van der Waals surface area contributed by atoms with Crippen LogP contribution in [0.15, 0.2) is 23.4 Å². The van der Waals surface area contributed by atoms with Gasteiger partial charge in [-0.15, -0.1) is 0 Å². The second-order valence-corrected chi connectivity index (χ2v) is 6.95. The highest BCUT2D eigenvalue weighted by Crippen LogP contribution is 2.27. The second kappa shape index (κ2) is 6.67. The smallest absolute Gasteiger partial charge is 0.317 e. The van der Waals surface area contributed by atoms with Crippen LogP contribution in [-0.2, 0) is 14.8 Å². The van der Waals surface area contributed by atoms with Gasteiger partial charge in [-0.05, 0) is 25.5 Å². The third kappa shape index (κ3) is 3.99. The van der Waals surface area contributed by atoms with Crippen LogP contribution in [0, 0.1) is 5.82 Å². The highest BCUT2D eigenvalue weighted by atomic mass is 32.2. The molecule has 1 fully saturated rings. The molecule has 2 N–H and O–H groups in total. The molecule has 0 amide bonds. The molecule has 0 radical (unpaired) electrons. The summed E-state index contributed by atoms with van der Waals surface area (Å²) in [5.41, 5.74) is 0. The molecule has 1 aliphatic carbocycles. The van der Waals surface area contributed by atoms with Gasteiger partial charge in [-0.2, -0.15) is 0 Å².